The average Bonchev–Trinajstić information content (AvgIpc) is 3.10. The summed E-state index contributed by atoms with van der Waals surface area (Å²) in [6, 6.07) is 3.97. The van der Waals surface area contributed by atoms with E-state index < -0.39 is 0 Å². The van der Waals surface area contributed by atoms with Crippen molar-refractivity contribution in [2.24, 2.45) is 0 Å². The minimum atomic E-state index is 0.140. The van der Waals surface area contributed by atoms with Gasteiger partial charge in [0.2, 0.25) is 17.2 Å². The second-order valence-electron chi connectivity index (χ2n) is 5.25. The third-order valence-electron chi connectivity index (χ3n) is 3.45. The van der Waals surface area contributed by atoms with Crippen molar-refractivity contribution in [3.05, 3.63) is 29.4 Å². The van der Waals surface area contributed by atoms with Gasteiger partial charge in [-0.3, -0.25) is 0 Å². The van der Waals surface area contributed by atoms with Gasteiger partial charge in [0.05, 0.1) is 6.26 Å². The maximum Gasteiger partial charge on any atom is 0.231 e. The minimum absolute atomic E-state index is 0.140. The van der Waals surface area contributed by atoms with Crippen molar-refractivity contribution >= 4 is 23.5 Å². The summed E-state index contributed by atoms with van der Waals surface area (Å²) in [6.07, 6.45) is 4.77. The highest BCUT2D eigenvalue weighted by molar-refractivity contribution is 6.28. The fourth-order valence-electron chi connectivity index (χ4n) is 2.46. The third kappa shape index (κ3) is 3.64. The van der Waals surface area contributed by atoms with E-state index in [4.69, 9.17) is 16.0 Å². The molecule has 1 fully saturated rings. The summed E-state index contributed by atoms with van der Waals surface area (Å²) in [7, 11) is 0. The largest absolute Gasteiger partial charge is 0.469 e. The quantitative estimate of drug-likeness (QED) is 0.916. The maximum absolute atomic E-state index is 6.01. The van der Waals surface area contributed by atoms with Crippen molar-refractivity contribution in [1.29, 1.82) is 0 Å². The second kappa shape index (κ2) is 6.30. The third-order valence-corrected chi connectivity index (χ3v) is 3.62. The lowest BCUT2D eigenvalue weighted by atomic mass is 10.2. The molecule has 7 heteroatoms. The van der Waals surface area contributed by atoms with Crippen molar-refractivity contribution in [3.63, 3.8) is 0 Å². The Morgan fingerprint density at radius 3 is 2.86 bits per heavy atom. The van der Waals surface area contributed by atoms with Gasteiger partial charge in [0.1, 0.15) is 5.76 Å². The Morgan fingerprint density at radius 1 is 1.33 bits per heavy atom. The Balaban J connectivity index is 1.69. The molecule has 1 unspecified atom stereocenters. The van der Waals surface area contributed by atoms with Crippen molar-refractivity contribution in [2.45, 2.75) is 32.2 Å². The summed E-state index contributed by atoms with van der Waals surface area (Å²) in [6.45, 7) is 4.00. The van der Waals surface area contributed by atoms with E-state index in [0.717, 1.165) is 25.3 Å². The molecule has 112 valence electrons. The number of nitrogens with one attached hydrogen (secondary N) is 1. The van der Waals surface area contributed by atoms with Crippen LogP contribution in [0.4, 0.5) is 11.9 Å². The van der Waals surface area contributed by atoms with Crippen LogP contribution in [0.5, 0.6) is 0 Å². The van der Waals surface area contributed by atoms with E-state index in [9.17, 15) is 0 Å². The van der Waals surface area contributed by atoms with E-state index in [1.165, 1.54) is 12.8 Å². The molecule has 1 atom stereocenters. The SMILES string of the molecule is CC(Cc1ccco1)Nc1nc(Cl)nc(N2CCCC2)n1. The number of nitrogens with zero attached hydrogens (tertiary/aromatic N) is 4. The first-order chi connectivity index (χ1) is 10.2. The normalized spacial score (nSPS) is 16.2. The Hall–Kier alpha value is -1.82. The molecule has 2 aromatic heterocycles. The van der Waals surface area contributed by atoms with E-state index in [1.807, 2.05) is 12.1 Å². The van der Waals surface area contributed by atoms with Gasteiger partial charge in [-0.2, -0.15) is 15.0 Å². The van der Waals surface area contributed by atoms with E-state index >= 15 is 0 Å². The smallest absolute Gasteiger partial charge is 0.231 e. The van der Waals surface area contributed by atoms with Crippen molar-refractivity contribution in [1.82, 2.24) is 15.0 Å². The van der Waals surface area contributed by atoms with Crippen LogP contribution in [0, 0.1) is 0 Å². The number of hydrogen-bond acceptors (Lipinski definition) is 6. The van der Waals surface area contributed by atoms with Gasteiger partial charge in [0.25, 0.3) is 0 Å². The standard InChI is InChI=1S/C14H18ClN5O/c1-10(9-11-5-4-8-21-11)16-13-17-12(15)18-14(19-13)20-6-2-3-7-20/h4-5,8,10H,2-3,6-7,9H2,1H3,(H,16,17,18,19). The Bertz CT molecular complexity index is 583. The zero-order valence-corrected chi connectivity index (χ0v) is 12.7. The molecule has 0 aromatic carbocycles. The van der Waals surface area contributed by atoms with E-state index in [2.05, 4.69) is 32.1 Å². The lowest BCUT2D eigenvalue weighted by molar-refractivity contribution is 0.497. The predicted octanol–water partition coefficient (Wildman–Crippen LogP) is 2.76. The average molecular weight is 308 g/mol. The number of anilines is 2. The van der Waals surface area contributed by atoms with Gasteiger partial charge in [0.15, 0.2) is 0 Å². The molecule has 0 amide bonds. The lowest BCUT2D eigenvalue weighted by Gasteiger charge is -2.17. The van der Waals surface area contributed by atoms with Crippen molar-refractivity contribution < 1.29 is 4.42 Å². The number of furan rings is 1. The van der Waals surface area contributed by atoms with Gasteiger partial charge in [-0.1, -0.05) is 0 Å². The highest BCUT2D eigenvalue weighted by atomic mass is 35.5. The summed E-state index contributed by atoms with van der Waals surface area (Å²) in [4.78, 5) is 15.0. The highest BCUT2D eigenvalue weighted by Crippen LogP contribution is 2.19. The van der Waals surface area contributed by atoms with Crippen molar-refractivity contribution in [2.75, 3.05) is 23.3 Å². The maximum atomic E-state index is 6.01. The van der Waals surface area contributed by atoms with Crippen LogP contribution in [0.3, 0.4) is 0 Å². The lowest BCUT2D eigenvalue weighted by Crippen LogP contribution is -2.24. The molecule has 3 heterocycles. The Labute approximate surface area is 128 Å². The minimum Gasteiger partial charge on any atom is -0.469 e. The molecule has 1 aliphatic rings. The van der Waals surface area contributed by atoms with Crippen LogP contribution in [0.25, 0.3) is 0 Å². The summed E-state index contributed by atoms with van der Waals surface area (Å²) in [5, 5.41) is 3.47. The van der Waals surface area contributed by atoms with Gasteiger partial charge in [-0.05, 0) is 43.5 Å². The van der Waals surface area contributed by atoms with E-state index in [-0.39, 0.29) is 11.3 Å². The van der Waals surface area contributed by atoms with Gasteiger partial charge in [-0.15, -0.1) is 0 Å². The molecular weight excluding hydrogens is 290 g/mol. The molecule has 0 saturated carbocycles. The summed E-state index contributed by atoms with van der Waals surface area (Å²) in [5.41, 5.74) is 0. The first-order valence-electron chi connectivity index (χ1n) is 7.16. The molecule has 2 aromatic rings. The van der Waals surface area contributed by atoms with Crippen LogP contribution in [0.1, 0.15) is 25.5 Å². The molecule has 1 N–H and O–H groups in total. The molecule has 0 bridgehead atoms. The van der Waals surface area contributed by atoms with Crippen LogP contribution in [0.2, 0.25) is 5.28 Å². The van der Waals surface area contributed by atoms with Crippen LogP contribution in [-0.2, 0) is 6.42 Å². The Morgan fingerprint density at radius 2 is 2.14 bits per heavy atom. The van der Waals surface area contributed by atoms with Gasteiger partial charge < -0.3 is 14.6 Å². The molecule has 0 spiro atoms. The van der Waals surface area contributed by atoms with Crippen LogP contribution in [0.15, 0.2) is 22.8 Å². The van der Waals surface area contributed by atoms with Crippen LogP contribution in [-0.4, -0.2) is 34.1 Å². The first kappa shape index (κ1) is 14.1. The molecule has 0 aliphatic carbocycles. The van der Waals surface area contributed by atoms with Gasteiger partial charge in [0, 0.05) is 25.6 Å². The zero-order valence-electron chi connectivity index (χ0n) is 11.9. The van der Waals surface area contributed by atoms with Crippen molar-refractivity contribution in [3.8, 4) is 0 Å². The monoisotopic (exact) mass is 307 g/mol. The summed E-state index contributed by atoms with van der Waals surface area (Å²) < 4.78 is 5.34. The molecule has 0 radical (unpaired) electrons. The number of hydrogen-bond donors (Lipinski definition) is 1. The van der Waals surface area contributed by atoms with Gasteiger partial charge >= 0.3 is 0 Å². The molecule has 1 aliphatic heterocycles. The predicted molar refractivity (Wildman–Crippen MR) is 81.8 cm³/mol. The molecular formula is C14H18ClN5O. The fourth-order valence-corrected chi connectivity index (χ4v) is 2.62. The Kier molecular flexibility index (Phi) is 4.24. The first-order valence-corrected chi connectivity index (χ1v) is 7.54. The van der Waals surface area contributed by atoms with E-state index in [1.54, 1.807) is 6.26 Å². The topological polar surface area (TPSA) is 67.1 Å². The molecule has 1 saturated heterocycles. The summed E-state index contributed by atoms with van der Waals surface area (Å²) >= 11 is 6.01. The van der Waals surface area contributed by atoms with Crippen LogP contribution < -0.4 is 10.2 Å². The molecule has 3 rings (SSSR count). The number of aromatic nitrogens is 3. The second-order valence-corrected chi connectivity index (χ2v) is 5.59. The molecule has 6 nitrogen and oxygen atoms in total. The van der Waals surface area contributed by atoms with E-state index in [0.29, 0.717) is 11.9 Å². The fraction of sp³-hybridized carbons (Fsp3) is 0.500. The number of rotatable bonds is 5. The van der Waals surface area contributed by atoms with Gasteiger partial charge in [-0.25, -0.2) is 0 Å². The number of halogens is 1. The molecule has 21 heavy (non-hydrogen) atoms. The highest BCUT2D eigenvalue weighted by Gasteiger charge is 2.17. The summed E-state index contributed by atoms with van der Waals surface area (Å²) in [5.74, 6) is 2.09. The zero-order chi connectivity index (χ0) is 14.7. The van der Waals surface area contributed by atoms with Crippen LogP contribution >= 0.6 is 11.6 Å².